The van der Waals surface area contributed by atoms with Gasteiger partial charge in [0.05, 0.1) is 5.56 Å². The van der Waals surface area contributed by atoms with Crippen LogP contribution in [-0.2, 0) is 12.7 Å². The summed E-state index contributed by atoms with van der Waals surface area (Å²) < 4.78 is 37.5. The highest BCUT2D eigenvalue weighted by molar-refractivity contribution is 5.25. The van der Waals surface area contributed by atoms with Crippen molar-refractivity contribution in [1.82, 2.24) is 10.2 Å². The van der Waals surface area contributed by atoms with Crippen molar-refractivity contribution >= 4 is 0 Å². The number of hydrogen-bond acceptors (Lipinski definition) is 2. The monoisotopic (exact) mass is 260 g/mol. The van der Waals surface area contributed by atoms with Crippen LogP contribution >= 0.6 is 0 Å². The SMILES string of the molecule is CC(CNCc1cccc(C(F)(F)F)c1)N(C)C. The third kappa shape index (κ3) is 4.66. The minimum atomic E-state index is -4.27. The summed E-state index contributed by atoms with van der Waals surface area (Å²) in [5.74, 6) is 0. The van der Waals surface area contributed by atoms with E-state index in [-0.39, 0.29) is 0 Å². The van der Waals surface area contributed by atoms with Crippen molar-refractivity contribution in [3.63, 3.8) is 0 Å². The summed E-state index contributed by atoms with van der Waals surface area (Å²) in [7, 11) is 3.94. The van der Waals surface area contributed by atoms with Crippen molar-refractivity contribution in [1.29, 1.82) is 0 Å². The standard InChI is InChI=1S/C13H19F3N2/c1-10(18(2)3)8-17-9-11-5-4-6-12(7-11)13(14,15)16/h4-7,10,17H,8-9H2,1-3H3. The average molecular weight is 260 g/mol. The fraction of sp³-hybridized carbons (Fsp3) is 0.538. The molecular weight excluding hydrogens is 241 g/mol. The lowest BCUT2D eigenvalue weighted by molar-refractivity contribution is -0.137. The Bertz CT molecular complexity index is 375. The summed E-state index contributed by atoms with van der Waals surface area (Å²) in [6, 6.07) is 5.76. The molecular formula is C13H19F3N2. The maximum absolute atomic E-state index is 12.5. The third-order valence-electron chi connectivity index (χ3n) is 2.90. The van der Waals surface area contributed by atoms with E-state index >= 15 is 0 Å². The van der Waals surface area contributed by atoms with Crippen molar-refractivity contribution in [2.45, 2.75) is 25.7 Å². The van der Waals surface area contributed by atoms with Crippen LogP contribution < -0.4 is 5.32 Å². The van der Waals surface area contributed by atoms with Crippen LogP contribution in [-0.4, -0.2) is 31.6 Å². The predicted octanol–water partition coefficient (Wildman–Crippen LogP) is 2.75. The van der Waals surface area contributed by atoms with Gasteiger partial charge in [-0.1, -0.05) is 18.2 Å². The summed E-state index contributed by atoms with van der Waals surface area (Å²) in [4.78, 5) is 2.05. The average Bonchev–Trinajstić information content (AvgIpc) is 2.28. The minimum Gasteiger partial charge on any atom is -0.311 e. The first kappa shape index (κ1) is 15.0. The fourth-order valence-electron chi connectivity index (χ4n) is 1.47. The second-order valence-corrected chi connectivity index (χ2v) is 4.64. The molecule has 0 saturated heterocycles. The number of nitrogens with zero attached hydrogens (tertiary/aromatic N) is 1. The van der Waals surface area contributed by atoms with E-state index in [2.05, 4.69) is 17.1 Å². The molecule has 0 heterocycles. The molecule has 0 amide bonds. The molecule has 0 bridgehead atoms. The Morgan fingerprint density at radius 3 is 2.50 bits per heavy atom. The van der Waals surface area contributed by atoms with E-state index in [9.17, 15) is 13.2 Å². The van der Waals surface area contributed by atoms with E-state index in [1.807, 2.05) is 14.1 Å². The highest BCUT2D eigenvalue weighted by Gasteiger charge is 2.30. The Hall–Kier alpha value is -1.07. The highest BCUT2D eigenvalue weighted by Crippen LogP contribution is 2.29. The Morgan fingerprint density at radius 1 is 1.28 bits per heavy atom. The summed E-state index contributed by atoms with van der Waals surface area (Å²) in [6.45, 7) is 3.24. The van der Waals surface area contributed by atoms with E-state index in [4.69, 9.17) is 0 Å². The predicted molar refractivity (Wildman–Crippen MR) is 66.3 cm³/mol. The number of benzene rings is 1. The van der Waals surface area contributed by atoms with Crippen LogP contribution in [0.4, 0.5) is 13.2 Å². The quantitative estimate of drug-likeness (QED) is 0.875. The van der Waals surface area contributed by atoms with Crippen molar-refractivity contribution in [3.05, 3.63) is 35.4 Å². The smallest absolute Gasteiger partial charge is 0.311 e. The van der Waals surface area contributed by atoms with Crippen LogP contribution in [0, 0.1) is 0 Å². The summed E-state index contributed by atoms with van der Waals surface area (Å²) in [6.07, 6.45) is -4.27. The molecule has 1 rings (SSSR count). The summed E-state index contributed by atoms with van der Waals surface area (Å²) in [5, 5.41) is 3.15. The molecule has 2 nitrogen and oxygen atoms in total. The Labute approximate surface area is 106 Å². The second kappa shape index (κ2) is 6.20. The number of nitrogens with one attached hydrogen (secondary N) is 1. The van der Waals surface area contributed by atoms with Crippen molar-refractivity contribution < 1.29 is 13.2 Å². The molecule has 1 aromatic rings. The molecule has 102 valence electrons. The molecule has 1 aromatic carbocycles. The van der Waals surface area contributed by atoms with Gasteiger partial charge in [-0.15, -0.1) is 0 Å². The zero-order valence-electron chi connectivity index (χ0n) is 10.9. The third-order valence-corrected chi connectivity index (χ3v) is 2.90. The lowest BCUT2D eigenvalue weighted by Gasteiger charge is -2.20. The van der Waals surface area contributed by atoms with Crippen molar-refractivity contribution in [2.75, 3.05) is 20.6 Å². The molecule has 1 unspecified atom stereocenters. The minimum absolute atomic E-state index is 0.343. The van der Waals surface area contributed by atoms with Gasteiger partial charge in [0.2, 0.25) is 0 Å². The molecule has 0 spiro atoms. The number of hydrogen-bond donors (Lipinski definition) is 1. The first-order valence-corrected chi connectivity index (χ1v) is 5.84. The van der Waals surface area contributed by atoms with Crippen LogP contribution in [0.15, 0.2) is 24.3 Å². The molecule has 0 aromatic heterocycles. The van der Waals surface area contributed by atoms with Crippen LogP contribution in [0.2, 0.25) is 0 Å². The van der Waals surface area contributed by atoms with Crippen LogP contribution in [0.3, 0.4) is 0 Å². The summed E-state index contributed by atoms with van der Waals surface area (Å²) in [5.41, 5.74) is 0.0539. The van der Waals surface area contributed by atoms with Crippen LogP contribution in [0.5, 0.6) is 0 Å². The van der Waals surface area contributed by atoms with Gasteiger partial charge in [-0.05, 0) is 32.6 Å². The molecule has 1 atom stereocenters. The fourth-order valence-corrected chi connectivity index (χ4v) is 1.47. The molecule has 0 aliphatic carbocycles. The van der Waals surface area contributed by atoms with Gasteiger partial charge < -0.3 is 10.2 Å². The normalized spacial score (nSPS) is 13.9. The van der Waals surface area contributed by atoms with Gasteiger partial charge in [0.1, 0.15) is 0 Å². The molecule has 0 saturated carbocycles. The van der Waals surface area contributed by atoms with Crippen molar-refractivity contribution in [3.8, 4) is 0 Å². The maximum atomic E-state index is 12.5. The van der Waals surface area contributed by atoms with E-state index in [0.717, 1.165) is 12.6 Å². The molecule has 1 N–H and O–H groups in total. The molecule has 0 fully saturated rings. The number of halogens is 3. The van der Waals surface area contributed by atoms with Gasteiger partial charge in [0.15, 0.2) is 0 Å². The van der Waals surface area contributed by atoms with E-state index in [1.165, 1.54) is 12.1 Å². The zero-order chi connectivity index (χ0) is 13.8. The van der Waals surface area contributed by atoms with E-state index < -0.39 is 11.7 Å². The lowest BCUT2D eigenvalue weighted by atomic mass is 10.1. The van der Waals surface area contributed by atoms with Crippen molar-refractivity contribution in [2.24, 2.45) is 0 Å². The van der Waals surface area contributed by atoms with Gasteiger partial charge in [0.25, 0.3) is 0 Å². The zero-order valence-corrected chi connectivity index (χ0v) is 10.9. The van der Waals surface area contributed by atoms with Gasteiger partial charge in [-0.3, -0.25) is 0 Å². The molecule has 0 aliphatic rings. The largest absolute Gasteiger partial charge is 0.416 e. The van der Waals surface area contributed by atoms with E-state index in [0.29, 0.717) is 18.2 Å². The number of alkyl halides is 3. The van der Waals surface area contributed by atoms with Gasteiger partial charge in [0, 0.05) is 19.1 Å². The first-order valence-electron chi connectivity index (χ1n) is 5.84. The van der Waals surface area contributed by atoms with Gasteiger partial charge in [-0.2, -0.15) is 13.2 Å². The molecule has 5 heteroatoms. The maximum Gasteiger partial charge on any atom is 0.416 e. The van der Waals surface area contributed by atoms with Crippen LogP contribution in [0.1, 0.15) is 18.1 Å². The first-order chi connectivity index (χ1) is 8.30. The second-order valence-electron chi connectivity index (χ2n) is 4.64. The topological polar surface area (TPSA) is 15.3 Å². The summed E-state index contributed by atoms with van der Waals surface area (Å²) >= 11 is 0. The highest BCUT2D eigenvalue weighted by atomic mass is 19.4. The Kier molecular flexibility index (Phi) is 5.16. The van der Waals surface area contributed by atoms with E-state index in [1.54, 1.807) is 6.07 Å². The Balaban J connectivity index is 2.53. The Morgan fingerprint density at radius 2 is 1.94 bits per heavy atom. The van der Waals surface area contributed by atoms with Gasteiger partial charge >= 0.3 is 6.18 Å². The lowest BCUT2D eigenvalue weighted by Crippen LogP contribution is -2.35. The molecule has 0 aliphatic heterocycles. The number of likely N-dealkylation sites (N-methyl/N-ethyl adjacent to an activating group) is 1. The number of rotatable bonds is 5. The molecule has 18 heavy (non-hydrogen) atoms. The molecule has 0 radical (unpaired) electrons. The van der Waals surface area contributed by atoms with Gasteiger partial charge in [-0.25, -0.2) is 0 Å². The van der Waals surface area contributed by atoms with Crippen LogP contribution in [0.25, 0.3) is 0 Å².